The summed E-state index contributed by atoms with van der Waals surface area (Å²) in [6.45, 7) is 5.93. The van der Waals surface area contributed by atoms with Gasteiger partial charge in [-0.2, -0.15) is 0 Å². The minimum absolute atomic E-state index is 0.243. The van der Waals surface area contributed by atoms with Crippen molar-refractivity contribution in [3.8, 4) is 11.4 Å². The van der Waals surface area contributed by atoms with Crippen molar-refractivity contribution >= 4 is 23.4 Å². The molecule has 1 aromatic heterocycles. The number of aromatic nitrogens is 3. The van der Waals surface area contributed by atoms with Gasteiger partial charge >= 0.3 is 0 Å². The lowest BCUT2D eigenvalue weighted by Gasteiger charge is -2.13. The molecular weight excluding hydrogens is 382 g/mol. The second kappa shape index (κ2) is 8.79. The number of amides is 1. The minimum atomic E-state index is -0.473. The fourth-order valence-corrected chi connectivity index (χ4v) is 3.33. The Morgan fingerprint density at radius 3 is 2.36 bits per heavy atom. The molecule has 1 amide bonds. The van der Waals surface area contributed by atoms with E-state index in [0.29, 0.717) is 28.8 Å². The summed E-state index contributed by atoms with van der Waals surface area (Å²) in [6, 6.07) is 11.5. The maximum Gasteiger partial charge on any atom is 0.237 e. The zero-order chi connectivity index (χ0) is 20.1. The molecule has 1 atom stereocenters. The summed E-state index contributed by atoms with van der Waals surface area (Å²) in [7, 11) is 0. The van der Waals surface area contributed by atoms with Gasteiger partial charge in [-0.1, -0.05) is 17.8 Å². The number of carbonyl (C=O) groups is 1. The molecule has 0 bridgehead atoms. The van der Waals surface area contributed by atoms with Crippen molar-refractivity contribution in [1.29, 1.82) is 0 Å². The molecule has 0 fully saturated rings. The molecule has 0 aliphatic carbocycles. The smallest absolute Gasteiger partial charge is 0.237 e. The molecule has 0 radical (unpaired) electrons. The predicted molar refractivity (Wildman–Crippen MR) is 106 cm³/mol. The summed E-state index contributed by atoms with van der Waals surface area (Å²) < 4.78 is 28.0. The van der Waals surface area contributed by atoms with Crippen LogP contribution >= 0.6 is 11.8 Å². The fraction of sp³-hybridized carbons (Fsp3) is 0.150. The zero-order valence-electron chi connectivity index (χ0n) is 15.1. The highest BCUT2D eigenvalue weighted by molar-refractivity contribution is 8.00. The molecule has 28 heavy (non-hydrogen) atoms. The van der Waals surface area contributed by atoms with Crippen LogP contribution in [0.4, 0.5) is 14.5 Å². The van der Waals surface area contributed by atoms with Crippen LogP contribution in [0.15, 0.2) is 66.3 Å². The number of rotatable bonds is 7. The van der Waals surface area contributed by atoms with E-state index in [9.17, 15) is 13.6 Å². The summed E-state index contributed by atoms with van der Waals surface area (Å²) in [5.41, 5.74) is 1.23. The van der Waals surface area contributed by atoms with Gasteiger partial charge in [0.1, 0.15) is 11.6 Å². The summed E-state index contributed by atoms with van der Waals surface area (Å²) in [6.07, 6.45) is 1.70. The van der Waals surface area contributed by atoms with Gasteiger partial charge < -0.3 is 5.32 Å². The highest BCUT2D eigenvalue weighted by Crippen LogP contribution is 2.27. The van der Waals surface area contributed by atoms with Gasteiger partial charge in [0, 0.05) is 17.8 Å². The fourth-order valence-electron chi connectivity index (χ4n) is 2.47. The molecule has 0 aliphatic heterocycles. The van der Waals surface area contributed by atoms with Gasteiger partial charge in [-0.15, -0.1) is 16.8 Å². The van der Waals surface area contributed by atoms with Crippen molar-refractivity contribution in [2.75, 3.05) is 5.32 Å². The van der Waals surface area contributed by atoms with Gasteiger partial charge in [-0.25, -0.2) is 8.78 Å². The van der Waals surface area contributed by atoms with Crippen molar-refractivity contribution < 1.29 is 13.6 Å². The lowest BCUT2D eigenvalue weighted by atomic mass is 10.2. The Balaban J connectivity index is 1.77. The molecule has 5 nitrogen and oxygen atoms in total. The van der Waals surface area contributed by atoms with Crippen LogP contribution in [0.5, 0.6) is 0 Å². The van der Waals surface area contributed by atoms with Crippen molar-refractivity contribution in [3.63, 3.8) is 0 Å². The van der Waals surface area contributed by atoms with E-state index in [1.54, 1.807) is 25.1 Å². The van der Waals surface area contributed by atoms with E-state index >= 15 is 0 Å². The van der Waals surface area contributed by atoms with Gasteiger partial charge in [-0.3, -0.25) is 9.36 Å². The van der Waals surface area contributed by atoms with Crippen LogP contribution in [0.3, 0.4) is 0 Å². The highest BCUT2D eigenvalue weighted by atomic mass is 32.2. The average Bonchev–Trinajstić information content (AvgIpc) is 3.07. The van der Waals surface area contributed by atoms with Crippen molar-refractivity contribution in [2.24, 2.45) is 0 Å². The number of halogens is 2. The normalized spacial score (nSPS) is 11.8. The highest BCUT2D eigenvalue weighted by Gasteiger charge is 2.20. The molecule has 0 aliphatic rings. The summed E-state index contributed by atoms with van der Waals surface area (Å²) in [4.78, 5) is 12.4. The van der Waals surface area contributed by atoms with Crippen LogP contribution in [0.2, 0.25) is 0 Å². The third-order valence-corrected chi connectivity index (χ3v) is 4.97. The number of benzene rings is 2. The molecule has 144 valence electrons. The van der Waals surface area contributed by atoms with Crippen LogP contribution in [0, 0.1) is 11.6 Å². The summed E-state index contributed by atoms with van der Waals surface area (Å²) in [5.74, 6) is -0.382. The first kappa shape index (κ1) is 19.8. The first-order valence-corrected chi connectivity index (χ1v) is 9.39. The third kappa shape index (κ3) is 4.64. The quantitative estimate of drug-likeness (QED) is 0.468. The van der Waals surface area contributed by atoms with Crippen LogP contribution in [-0.2, 0) is 11.3 Å². The lowest BCUT2D eigenvalue weighted by molar-refractivity contribution is -0.115. The van der Waals surface area contributed by atoms with E-state index in [1.165, 1.54) is 48.2 Å². The van der Waals surface area contributed by atoms with Gasteiger partial charge in [-0.05, 0) is 55.5 Å². The molecule has 0 saturated heterocycles. The molecule has 0 saturated carbocycles. The van der Waals surface area contributed by atoms with E-state index in [2.05, 4.69) is 22.1 Å². The van der Waals surface area contributed by atoms with Crippen LogP contribution in [0.1, 0.15) is 6.92 Å². The second-order valence-electron chi connectivity index (χ2n) is 5.97. The van der Waals surface area contributed by atoms with Gasteiger partial charge in [0.15, 0.2) is 11.0 Å². The van der Waals surface area contributed by atoms with Gasteiger partial charge in [0.25, 0.3) is 0 Å². The standard InChI is InChI=1S/C20H18F2N4OS/c1-3-12-26-18(14-4-6-15(21)7-5-14)24-25-20(26)28-13(2)19(27)23-17-10-8-16(22)9-11-17/h3-11,13H,1,12H2,2H3,(H,23,27)/t13-/m0/s1. The van der Waals surface area contributed by atoms with Crippen LogP contribution in [0.25, 0.3) is 11.4 Å². The first-order chi connectivity index (χ1) is 13.5. The Bertz CT molecular complexity index is 971. The third-order valence-electron chi connectivity index (χ3n) is 3.89. The molecule has 0 spiro atoms. The van der Waals surface area contributed by atoms with E-state index in [1.807, 2.05) is 4.57 Å². The van der Waals surface area contributed by atoms with Crippen LogP contribution < -0.4 is 5.32 Å². The number of hydrogen-bond acceptors (Lipinski definition) is 4. The van der Waals surface area contributed by atoms with E-state index in [-0.39, 0.29) is 17.5 Å². The number of thioether (sulfide) groups is 1. The predicted octanol–water partition coefficient (Wildman–Crippen LogP) is 4.53. The first-order valence-electron chi connectivity index (χ1n) is 8.51. The maximum atomic E-state index is 13.2. The Morgan fingerprint density at radius 2 is 1.75 bits per heavy atom. The monoisotopic (exact) mass is 400 g/mol. The number of hydrogen-bond donors (Lipinski definition) is 1. The molecule has 1 heterocycles. The van der Waals surface area contributed by atoms with Crippen molar-refractivity contribution in [2.45, 2.75) is 23.9 Å². The minimum Gasteiger partial charge on any atom is -0.325 e. The Morgan fingerprint density at radius 1 is 1.14 bits per heavy atom. The number of anilines is 1. The van der Waals surface area contributed by atoms with E-state index in [0.717, 1.165) is 0 Å². The molecule has 3 aromatic rings. The number of nitrogens with one attached hydrogen (secondary N) is 1. The van der Waals surface area contributed by atoms with Gasteiger partial charge in [0.2, 0.25) is 5.91 Å². The molecule has 1 N–H and O–H groups in total. The Hall–Kier alpha value is -3.00. The lowest BCUT2D eigenvalue weighted by Crippen LogP contribution is -2.23. The second-order valence-corrected chi connectivity index (χ2v) is 7.28. The van der Waals surface area contributed by atoms with E-state index in [4.69, 9.17) is 0 Å². The molecule has 0 unspecified atom stereocenters. The molecule has 3 rings (SSSR count). The Kier molecular flexibility index (Phi) is 6.20. The summed E-state index contributed by atoms with van der Waals surface area (Å²) in [5, 5.41) is 11.2. The number of carbonyl (C=O) groups excluding carboxylic acids is 1. The largest absolute Gasteiger partial charge is 0.325 e. The Labute approximate surface area is 165 Å². The van der Waals surface area contributed by atoms with Crippen molar-refractivity contribution in [3.05, 3.63) is 72.8 Å². The number of allylic oxidation sites excluding steroid dienone is 1. The zero-order valence-corrected chi connectivity index (χ0v) is 15.9. The molecule has 2 aromatic carbocycles. The van der Waals surface area contributed by atoms with Crippen molar-refractivity contribution in [1.82, 2.24) is 14.8 Å². The topological polar surface area (TPSA) is 59.8 Å². The van der Waals surface area contributed by atoms with Crippen LogP contribution in [-0.4, -0.2) is 25.9 Å². The van der Waals surface area contributed by atoms with E-state index < -0.39 is 5.25 Å². The SMILES string of the molecule is C=CCn1c(S[C@@H](C)C(=O)Nc2ccc(F)cc2)nnc1-c1ccc(F)cc1. The maximum absolute atomic E-state index is 13.2. The number of nitrogens with zero attached hydrogens (tertiary/aromatic N) is 3. The van der Waals surface area contributed by atoms with Gasteiger partial charge in [0.05, 0.1) is 5.25 Å². The summed E-state index contributed by atoms with van der Waals surface area (Å²) >= 11 is 1.24. The molecular formula is C20H18F2N4OS. The average molecular weight is 400 g/mol. The molecule has 8 heteroatoms.